The fourth-order valence-corrected chi connectivity index (χ4v) is 3.11. The molecule has 1 heterocycles. The molecular weight excluding hydrogens is 446 g/mol. The van der Waals surface area contributed by atoms with Crippen LogP contribution in [0.1, 0.15) is 45.7 Å². The van der Waals surface area contributed by atoms with Gasteiger partial charge in [0, 0.05) is 18.3 Å². The summed E-state index contributed by atoms with van der Waals surface area (Å²) in [5.74, 6) is -3.66. The lowest BCUT2D eigenvalue weighted by atomic mass is 10.0. The molecule has 1 aromatic rings. The van der Waals surface area contributed by atoms with Gasteiger partial charge in [-0.05, 0) is 38.6 Å². The topological polar surface area (TPSA) is 226 Å². The molecule has 0 saturated carbocycles. The van der Waals surface area contributed by atoms with Crippen molar-refractivity contribution >= 4 is 23.7 Å². The van der Waals surface area contributed by atoms with Crippen LogP contribution in [0, 0.1) is 5.92 Å². The summed E-state index contributed by atoms with van der Waals surface area (Å²) in [4.78, 5) is 56.6. The third-order valence-electron chi connectivity index (χ3n) is 5.24. The second-order valence-electron chi connectivity index (χ2n) is 8.52. The molecule has 10 N–H and O–H groups in total. The SMILES string of the molecule is CC(C)C(NC(=O)C(Cc1cnc[nH]1)NC(=O)C(CCCCN)NC(=O)C(N)C(C)O)C(=O)O. The average molecular weight is 484 g/mol. The molecule has 13 heteroatoms. The molecule has 0 aliphatic heterocycles. The minimum absolute atomic E-state index is 0.0126. The van der Waals surface area contributed by atoms with Crippen molar-refractivity contribution in [1.29, 1.82) is 0 Å². The molecule has 0 fully saturated rings. The quantitative estimate of drug-likeness (QED) is 0.129. The van der Waals surface area contributed by atoms with Gasteiger partial charge >= 0.3 is 5.97 Å². The van der Waals surface area contributed by atoms with Gasteiger partial charge in [-0.2, -0.15) is 0 Å². The van der Waals surface area contributed by atoms with E-state index in [0.717, 1.165) is 0 Å². The zero-order valence-corrected chi connectivity index (χ0v) is 19.8. The molecule has 0 radical (unpaired) electrons. The van der Waals surface area contributed by atoms with Gasteiger partial charge in [-0.1, -0.05) is 13.8 Å². The zero-order chi connectivity index (χ0) is 25.8. The third-order valence-corrected chi connectivity index (χ3v) is 5.24. The molecule has 0 aliphatic rings. The molecule has 0 saturated heterocycles. The van der Waals surface area contributed by atoms with Gasteiger partial charge in [0.1, 0.15) is 24.2 Å². The largest absolute Gasteiger partial charge is 0.480 e. The summed E-state index contributed by atoms with van der Waals surface area (Å²) >= 11 is 0. The van der Waals surface area contributed by atoms with Crippen LogP contribution in [0.25, 0.3) is 0 Å². The Hall–Kier alpha value is -3.03. The number of aliphatic hydroxyl groups excluding tert-OH is 1. The highest BCUT2D eigenvalue weighted by molar-refractivity contribution is 5.94. The number of nitrogens with one attached hydrogen (secondary N) is 4. The average Bonchev–Trinajstić information content (AvgIpc) is 3.28. The Morgan fingerprint density at radius 3 is 2.15 bits per heavy atom. The second kappa shape index (κ2) is 14.3. The highest BCUT2D eigenvalue weighted by Gasteiger charge is 2.32. The van der Waals surface area contributed by atoms with Gasteiger partial charge in [0.2, 0.25) is 17.7 Å². The molecule has 0 aromatic carbocycles. The Bertz CT molecular complexity index is 800. The highest BCUT2D eigenvalue weighted by atomic mass is 16.4. The van der Waals surface area contributed by atoms with Crippen LogP contribution < -0.4 is 27.4 Å². The number of aliphatic hydroxyl groups is 1. The number of aromatic amines is 1. The molecule has 5 atom stereocenters. The van der Waals surface area contributed by atoms with E-state index in [9.17, 15) is 29.4 Å². The van der Waals surface area contributed by atoms with Crippen LogP contribution in [0.4, 0.5) is 0 Å². The summed E-state index contributed by atoms with van der Waals surface area (Å²) in [6.45, 7) is 5.05. The first-order valence-corrected chi connectivity index (χ1v) is 11.2. The lowest BCUT2D eigenvalue weighted by Gasteiger charge is -2.26. The van der Waals surface area contributed by atoms with Crippen molar-refractivity contribution in [1.82, 2.24) is 25.9 Å². The number of carbonyl (C=O) groups excluding carboxylic acids is 3. The molecule has 34 heavy (non-hydrogen) atoms. The monoisotopic (exact) mass is 483 g/mol. The number of nitrogens with two attached hydrogens (primary N) is 2. The van der Waals surface area contributed by atoms with Crippen molar-refractivity contribution in [2.75, 3.05) is 6.54 Å². The normalized spacial score (nSPS) is 15.6. The standard InChI is InChI=1S/C21H37N7O6/c1-11(2)17(21(33)34)28-19(31)15(8-13-9-24-10-25-13)27-18(30)14(6-4-5-7-22)26-20(32)16(23)12(3)29/h9-12,14-17,29H,4-8,22-23H2,1-3H3,(H,24,25)(H,26,32)(H,27,30)(H,28,31)(H,33,34). The second-order valence-corrected chi connectivity index (χ2v) is 8.52. The molecule has 0 spiro atoms. The number of aliphatic carboxylic acids is 1. The van der Waals surface area contributed by atoms with Crippen LogP contribution in [-0.4, -0.2) is 80.7 Å². The summed E-state index contributed by atoms with van der Waals surface area (Å²) in [5, 5.41) is 26.6. The molecule has 0 bridgehead atoms. The minimum Gasteiger partial charge on any atom is -0.480 e. The maximum absolute atomic E-state index is 13.1. The number of rotatable bonds is 15. The number of nitrogens with zero attached hydrogens (tertiary/aromatic N) is 1. The summed E-state index contributed by atoms with van der Waals surface area (Å²) in [5.41, 5.74) is 11.7. The number of carbonyl (C=O) groups is 4. The number of unbranched alkanes of at least 4 members (excludes halogenated alkanes) is 1. The van der Waals surface area contributed by atoms with Crippen molar-refractivity contribution in [2.24, 2.45) is 17.4 Å². The summed E-state index contributed by atoms with van der Waals surface area (Å²) in [6.07, 6.45) is 3.12. The molecule has 1 aromatic heterocycles. The maximum atomic E-state index is 13.1. The van der Waals surface area contributed by atoms with Crippen LogP contribution in [0.2, 0.25) is 0 Å². The van der Waals surface area contributed by atoms with Crippen molar-refractivity contribution in [3.63, 3.8) is 0 Å². The van der Waals surface area contributed by atoms with Gasteiger partial charge in [-0.15, -0.1) is 0 Å². The molecule has 0 aliphatic carbocycles. The van der Waals surface area contributed by atoms with Gasteiger partial charge in [0.05, 0.1) is 12.4 Å². The van der Waals surface area contributed by atoms with Gasteiger partial charge in [-0.3, -0.25) is 14.4 Å². The predicted octanol–water partition coefficient (Wildman–Crippen LogP) is -2.02. The number of carboxylic acid groups (broad SMARTS) is 1. The number of amides is 3. The first kappa shape index (κ1) is 29.0. The van der Waals surface area contributed by atoms with E-state index < -0.39 is 59.9 Å². The molecule has 1 rings (SSSR count). The maximum Gasteiger partial charge on any atom is 0.326 e. The Balaban J connectivity index is 3.06. The number of imidazole rings is 1. The first-order chi connectivity index (χ1) is 16.0. The van der Waals surface area contributed by atoms with E-state index in [0.29, 0.717) is 25.1 Å². The van der Waals surface area contributed by atoms with Gasteiger partial charge in [0.25, 0.3) is 0 Å². The van der Waals surface area contributed by atoms with E-state index in [1.807, 2.05) is 0 Å². The van der Waals surface area contributed by atoms with Gasteiger partial charge in [0.15, 0.2) is 0 Å². The Labute approximate surface area is 198 Å². The fourth-order valence-electron chi connectivity index (χ4n) is 3.11. The Morgan fingerprint density at radius 2 is 1.65 bits per heavy atom. The van der Waals surface area contributed by atoms with Crippen molar-refractivity contribution in [3.8, 4) is 0 Å². The first-order valence-electron chi connectivity index (χ1n) is 11.2. The van der Waals surface area contributed by atoms with Crippen LogP contribution in [0.15, 0.2) is 12.5 Å². The lowest BCUT2D eigenvalue weighted by Crippen LogP contribution is -2.59. The van der Waals surface area contributed by atoms with Crippen molar-refractivity contribution in [2.45, 2.75) is 76.7 Å². The van der Waals surface area contributed by atoms with E-state index in [-0.39, 0.29) is 12.8 Å². The molecule has 3 amide bonds. The van der Waals surface area contributed by atoms with E-state index in [4.69, 9.17) is 11.5 Å². The van der Waals surface area contributed by atoms with E-state index in [2.05, 4.69) is 25.9 Å². The van der Waals surface area contributed by atoms with E-state index in [1.54, 1.807) is 13.8 Å². The molecule has 13 nitrogen and oxygen atoms in total. The van der Waals surface area contributed by atoms with Crippen molar-refractivity contribution in [3.05, 3.63) is 18.2 Å². The van der Waals surface area contributed by atoms with Gasteiger partial charge < -0.3 is 42.6 Å². The molecule has 5 unspecified atom stereocenters. The van der Waals surface area contributed by atoms with Crippen LogP contribution in [-0.2, 0) is 25.6 Å². The van der Waals surface area contributed by atoms with Crippen LogP contribution >= 0.6 is 0 Å². The Morgan fingerprint density at radius 1 is 1.03 bits per heavy atom. The minimum atomic E-state index is -1.24. The van der Waals surface area contributed by atoms with Gasteiger partial charge in [-0.25, -0.2) is 9.78 Å². The smallest absolute Gasteiger partial charge is 0.326 e. The Kier molecular flexibility index (Phi) is 12.2. The molecular formula is C21H37N7O6. The van der Waals surface area contributed by atoms with E-state index >= 15 is 0 Å². The predicted molar refractivity (Wildman–Crippen MR) is 123 cm³/mol. The van der Waals surface area contributed by atoms with Crippen LogP contribution in [0.3, 0.4) is 0 Å². The number of hydrogen-bond acceptors (Lipinski definition) is 8. The number of carboxylic acids is 1. The van der Waals surface area contributed by atoms with E-state index in [1.165, 1.54) is 19.4 Å². The van der Waals surface area contributed by atoms with Crippen molar-refractivity contribution < 1.29 is 29.4 Å². The summed E-state index contributed by atoms with van der Waals surface area (Å²) < 4.78 is 0. The lowest BCUT2D eigenvalue weighted by molar-refractivity contribution is -0.143. The number of hydrogen-bond donors (Lipinski definition) is 8. The highest BCUT2D eigenvalue weighted by Crippen LogP contribution is 2.07. The number of H-pyrrole nitrogens is 1. The summed E-state index contributed by atoms with van der Waals surface area (Å²) in [6, 6.07) is -4.58. The van der Waals surface area contributed by atoms with Crippen LogP contribution in [0.5, 0.6) is 0 Å². The summed E-state index contributed by atoms with van der Waals surface area (Å²) in [7, 11) is 0. The molecule has 192 valence electrons. The third kappa shape index (κ3) is 9.45. The number of aromatic nitrogens is 2. The fraction of sp³-hybridized carbons (Fsp3) is 0.667. The zero-order valence-electron chi connectivity index (χ0n) is 19.8.